The van der Waals surface area contributed by atoms with Crippen molar-refractivity contribution in [3.63, 3.8) is 0 Å². The summed E-state index contributed by atoms with van der Waals surface area (Å²) in [6.45, 7) is 0.300. The zero-order valence-electron chi connectivity index (χ0n) is 17.5. The molecule has 0 saturated heterocycles. The average Bonchev–Trinajstić information content (AvgIpc) is 3.26. The molecule has 0 unspecified atom stereocenters. The number of amides is 2. The molecule has 3 aromatic carbocycles. The summed E-state index contributed by atoms with van der Waals surface area (Å²) in [6.07, 6.45) is 1.69. The maximum Gasteiger partial charge on any atom is 0.256 e. The zero-order valence-corrected chi connectivity index (χ0v) is 19.9. The van der Waals surface area contributed by atoms with Gasteiger partial charge in [-0.2, -0.15) is 5.26 Å². The molecule has 6 nitrogen and oxygen atoms in total. The van der Waals surface area contributed by atoms with Crippen molar-refractivity contribution < 1.29 is 9.59 Å². The summed E-state index contributed by atoms with van der Waals surface area (Å²) in [5, 5.41) is 16.0. The lowest BCUT2D eigenvalue weighted by Gasteiger charge is -2.09. The molecule has 0 saturated carbocycles. The van der Waals surface area contributed by atoms with E-state index in [9.17, 15) is 9.59 Å². The molecule has 0 aliphatic carbocycles. The molecule has 0 spiro atoms. The van der Waals surface area contributed by atoms with E-state index in [0.29, 0.717) is 39.0 Å². The quantitative estimate of drug-likeness (QED) is 0.358. The molecule has 0 atom stereocenters. The predicted octanol–water partition coefficient (Wildman–Crippen LogP) is 5.98. The first kappa shape index (κ1) is 22.2. The summed E-state index contributed by atoms with van der Waals surface area (Å²) in [5.41, 5.74) is 2.89. The van der Waals surface area contributed by atoms with E-state index in [2.05, 4.69) is 21.7 Å². The fourth-order valence-electron chi connectivity index (χ4n) is 3.45. The van der Waals surface area contributed by atoms with E-state index in [1.54, 1.807) is 42.6 Å². The van der Waals surface area contributed by atoms with Gasteiger partial charge < -0.3 is 10.6 Å². The number of halogens is 1. The lowest BCUT2D eigenvalue weighted by molar-refractivity contribution is 0.0949. The maximum atomic E-state index is 12.8. The van der Waals surface area contributed by atoms with E-state index < -0.39 is 0 Å². The Balaban J connectivity index is 1.29. The number of hydrogen-bond acceptors (Lipinski definition) is 6. The van der Waals surface area contributed by atoms with Crippen molar-refractivity contribution in [2.75, 3.05) is 5.32 Å². The number of hydrogen-bond donors (Lipinski definition) is 2. The second-order valence-electron chi connectivity index (χ2n) is 7.38. The van der Waals surface area contributed by atoms with Crippen molar-refractivity contribution in [1.29, 1.82) is 5.26 Å². The highest BCUT2D eigenvalue weighted by molar-refractivity contribution is 7.99. The van der Waals surface area contributed by atoms with Gasteiger partial charge in [-0.05, 0) is 48.5 Å². The lowest BCUT2D eigenvalue weighted by Crippen LogP contribution is -2.22. The summed E-state index contributed by atoms with van der Waals surface area (Å²) in [7, 11) is 0. The Morgan fingerprint density at radius 2 is 1.94 bits per heavy atom. The highest BCUT2D eigenvalue weighted by atomic mass is 35.5. The Morgan fingerprint density at radius 3 is 2.76 bits per heavy atom. The van der Waals surface area contributed by atoms with Crippen LogP contribution in [0, 0.1) is 11.3 Å². The summed E-state index contributed by atoms with van der Waals surface area (Å²) < 4.78 is 0. The monoisotopic (exact) mass is 502 g/mol. The molecular weight excluding hydrogens is 488 g/mol. The van der Waals surface area contributed by atoms with Gasteiger partial charge in [0.1, 0.15) is 5.01 Å². The number of nitriles is 1. The Kier molecular flexibility index (Phi) is 6.07. The molecule has 5 rings (SSSR count). The van der Waals surface area contributed by atoms with Gasteiger partial charge in [0.2, 0.25) is 0 Å². The molecule has 34 heavy (non-hydrogen) atoms. The smallest absolute Gasteiger partial charge is 0.256 e. The molecular formula is C25H15ClN4O2S2. The number of thiazole rings is 1. The Labute approximate surface area is 208 Å². The third kappa shape index (κ3) is 4.41. The van der Waals surface area contributed by atoms with E-state index >= 15 is 0 Å². The zero-order chi connectivity index (χ0) is 23.7. The molecule has 1 aromatic heterocycles. The number of anilines is 1. The second-order valence-corrected chi connectivity index (χ2v) is 9.99. The van der Waals surface area contributed by atoms with Crippen molar-refractivity contribution >= 4 is 52.2 Å². The Bertz CT molecular complexity index is 1490. The van der Waals surface area contributed by atoms with Gasteiger partial charge in [0, 0.05) is 32.0 Å². The fourth-order valence-corrected chi connectivity index (χ4v) is 5.68. The lowest BCUT2D eigenvalue weighted by atomic mass is 10.1. The van der Waals surface area contributed by atoms with Gasteiger partial charge in [-0.25, -0.2) is 4.98 Å². The Morgan fingerprint density at radius 1 is 1.09 bits per heavy atom. The minimum absolute atomic E-state index is 0.196. The van der Waals surface area contributed by atoms with Gasteiger partial charge in [-0.3, -0.25) is 9.59 Å². The number of carbonyl (C=O) groups is 2. The molecule has 4 aromatic rings. The van der Waals surface area contributed by atoms with Crippen LogP contribution in [0.1, 0.15) is 31.2 Å². The molecule has 166 valence electrons. The number of aromatic nitrogens is 1. The highest BCUT2D eigenvalue weighted by Gasteiger charge is 2.21. The topological polar surface area (TPSA) is 94.9 Å². The van der Waals surface area contributed by atoms with Crippen molar-refractivity contribution in [1.82, 2.24) is 10.3 Å². The largest absolute Gasteiger partial charge is 0.347 e. The number of carbonyl (C=O) groups excluding carboxylic acids is 2. The molecule has 9 heteroatoms. The van der Waals surface area contributed by atoms with Gasteiger partial charge in [0.15, 0.2) is 0 Å². The SMILES string of the molecule is N#Cc1ccc(-c2ncc(CNC(=O)c3ccc4c(c3)NC(=O)c3ccccc3S4)s2)c(Cl)c1. The summed E-state index contributed by atoms with van der Waals surface area (Å²) in [5.74, 6) is -0.451. The molecule has 1 aliphatic heterocycles. The molecule has 2 N–H and O–H groups in total. The summed E-state index contributed by atoms with van der Waals surface area (Å²) in [6, 6.07) is 19.8. The van der Waals surface area contributed by atoms with Crippen molar-refractivity contribution in [2.24, 2.45) is 0 Å². The standard InChI is InChI=1S/C25H15ClN4O2S2/c26-19-9-14(11-27)5-7-17(19)25-29-13-16(33-25)12-28-23(31)15-6-8-22-20(10-15)30-24(32)18-3-1-2-4-21(18)34-22/h1-10,13H,12H2,(H,28,31)(H,30,32). The van der Waals surface area contributed by atoms with Gasteiger partial charge in [-0.15, -0.1) is 11.3 Å². The van der Waals surface area contributed by atoms with Crippen LogP contribution in [0.4, 0.5) is 5.69 Å². The molecule has 2 heterocycles. The minimum Gasteiger partial charge on any atom is -0.347 e. The number of nitrogens with one attached hydrogen (secondary N) is 2. The van der Waals surface area contributed by atoms with Crippen LogP contribution in [-0.4, -0.2) is 16.8 Å². The number of fused-ring (bicyclic) bond motifs is 2. The first-order valence-electron chi connectivity index (χ1n) is 10.2. The third-order valence-electron chi connectivity index (χ3n) is 5.15. The van der Waals surface area contributed by atoms with Crippen LogP contribution in [0.5, 0.6) is 0 Å². The fraction of sp³-hybridized carbons (Fsp3) is 0.0400. The number of rotatable bonds is 4. The summed E-state index contributed by atoms with van der Waals surface area (Å²) in [4.78, 5) is 32.4. The molecule has 0 bridgehead atoms. The van der Waals surface area contributed by atoms with Gasteiger partial charge in [0.05, 0.1) is 34.5 Å². The number of benzene rings is 3. The van der Waals surface area contributed by atoms with E-state index in [-0.39, 0.29) is 11.8 Å². The second kappa shape index (κ2) is 9.31. The molecule has 2 amide bonds. The van der Waals surface area contributed by atoms with Crippen molar-refractivity contribution in [3.05, 3.63) is 93.5 Å². The van der Waals surface area contributed by atoms with Crippen molar-refractivity contribution in [3.8, 4) is 16.6 Å². The van der Waals surface area contributed by atoms with Crippen molar-refractivity contribution in [2.45, 2.75) is 16.3 Å². The van der Waals surface area contributed by atoms with Gasteiger partial charge >= 0.3 is 0 Å². The first-order valence-corrected chi connectivity index (χ1v) is 12.2. The third-order valence-corrected chi connectivity index (χ3v) is 7.64. The van der Waals surface area contributed by atoms with E-state index in [0.717, 1.165) is 20.2 Å². The van der Waals surface area contributed by atoms with Crippen LogP contribution in [0.15, 0.2) is 76.7 Å². The van der Waals surface area contributed by atoms with Crippen LogP contribution < -0.4 is 10.6 Å². The van der Waals surface area contributed by atoms with Gasteiger partial charge in [0.25, 0.3) is 11.8 Å². The molecule has 0 radical (unpaired) electrons. The predicted molar refractivity (Wildman–Crippen MR) is 133 cm³/mol. The maximum absolute atomic E-state index is 12.8. The van der Waals surface area contributed by atoms with Crippen LogP contribution in [0.3, 0.4) is 0 Å². The molecule has 0 fully saturated rings. The van der Waals surface area contributed by atoms with Crippen LogP contribution in [0.2, 0.25) is 5.02 Å². The van der Waals surface area contributed by atoms with E-state index in [4.69, 9.17) is 16.9 Å². The minimum atomic E-state index is -0.254. The normalized spacial score (nSPS) is 12.1. The van der Waals surface area contributed by atoms with Crippen LogP contribution in [-0.2, 0) is 6.54 Å². The average molecular weight is 503 g/mol. The highest BCUT2D eigenvalue weighted by Crippen LogP contribution is 2.39. The van der Waals surface area contributed by atoms with E-state index in [1.807, 2.05) is 24.3 Å². The van der Waals surface area contributed by atoms with Crippen LogP contribution >= 0.6 is 34.7 Å². The molecule has 1 aliphatic rings. The summed E-state index contributed by atoms with van der Waals surface area (Å²) >= 11 is 9.19. The Hall–Kier alpha value is -3.64. The first-order chi connectivity index (χ1) is 16.5. The van der Waals surface area contributed by atoms with Gasteiger partial charge in [-0.1, -0.05) is 35.5 Å². The van der Waals surface area contributed by atoms with Crippen LogP contribution in [0.25, 0.3) is 10.6 Å². The van der Waals surface area contributed by atoms with E-state index in [1.165, 1.54) is 23.1 Å². The number of nitrogens with zero attached hydrogens (tertiary/aromatic N) is 2.